The molecule has 102 valence electrons. The Balaban J connectivity index is 1.96. The highest BCUT2D eigenvalue weighted by Gasteiger charge is 2.43. The molecule has 1 aromatic rings. The standard InChI is InChI=1S/C17H22O2/c1-10-8-11(2)16-12(3)15(10)9-19-17(16)13-4-6-14(18)7-5-13/h4-8,10,12,15-18H,9H2,1-3H3/t10-,12+,15+,16-,17-/m1/s1. The molecule has 1 aliphatic carbocycles. The Kier molecular flexibility index (Phi) is 3.14. The third-order valence-electron chi connectivity index (χ3n) is 4.98. The third-order valence-corrected chi connectivity index (χ3v) is 4.98. The molecule has 1 aliphatic heterocycles. The van der Waals surface area contributed by atoms with Gasteiger partial charge in [0.15, 0.2) is 0 Å². The summed E-state index contributed by atoms with van der Waals surface area (Å²) in [6.45, 7) is 7.73. The first-order chi connectivity index (χ1) is 9.08. The van der Waals surface area contributed by atoms with E-state index >= 15 is 0 Å². The molecule has 0 aromatic heterocycles. The maximum atomic E-state index is 9.42. The molecule has 19 heavy (non-hydrogen) atoms. The predicted octanol–water partition coefficient (Wildman–Crippen LogP) is 3.93. The first-order valence-electron chi connectivity index (χ1n) is 7.16. The highest BCUT2D eigenvalue weighted by molar-refractivity contribution is 5.30. The number of hydrogen-bond donors (Lipinski definition) is 1. The Hall–Kier alpha value is -1.28. The van der Waals surface area contributed by atoms with Gasteiger partial charge in [0.1, 0.15) is 5.75 Å². The zero-order chi connectivity index (χ0) is 13.6. The lowest BCUT2D eigenvalue weighted by atomic mass is 9.64. The summed E-state index contributed by atoms with van der Waals surface area (Å²) in [5.41, 5.74) is 2.63. The Morgan fingerprint density at radius 2 is 1.84 bits per heavy atom. The van der Waals surface area contributed by atoms with Crippen LogP contribution in [0.2, 0.25) is 0 Å². The quantitative estimate of drug-likeness (QED) is 0.773. The van der Waals surface area contributed by atoms with Gasteiger partial charge in [0.05, 0.1) is 12.7 Å². The van der Waals surface area contributed by atoms with Crippen molar-refractivity contribution in [1.29, 1.82) is 0 Å². The summed E-state index contributed by atoms with van der Waals surface area (Å²) >= 11 is 0. The molecule has 2 bridgehead atoms. The number of phenolic OH excluding ortho intramolecular Hbond substituents is 1. The largest absolute Gasteiger partial charge is 0.508 e. The van der Waals surface area contributed by atoms with E-state index in [-0.39, 0.29) is 6.10 Å². The lowest BCUT2D eigenvalue weighted by Gasteiger charge is -2.47. The minimum atomic E-state index is 0.135. The highest BCUT2D eigenvalue weighted by Crippen LogP contribution is 2.49. The monoisotopic (exact) mass is 258 g/mol. The maximum absolute atomic E-state index is 9.42. The number of fused-ring (bicyclic) bond motifs is 2. The van der Waals surface area contributed by atoms with Crippen LogP contribution >= 0.6 is 0 Å². The minimum absolute atomic E-state index is 0.135. The van der Waals surface area contributed by atoms with E-state index in [9.17, 15) is 5.11 Å². The Bertz CT molecular complexity index is 488. The Morgan fingerprint density at radius 3 is 2.53 bits per heavy atom. The molecule has 0 radical (unpaired) electrons. The summed E-state index contributed by atoms with van der Waals surface area (Å²) in [6, 6.07) is 7.47. The van der Waals surface area contributed by atoms with Crippen LogP contribution in [0.5, 0.6) is 5.75 Å². The molecule has 1 heterocycles. The summed E-state index contributed by atoms with van der Waals surface area (Å²) in [6.07, 6.45) is 2.56. The summed E-state index contributed by atoms with van der Waals surface area (Å²) in [4.78, 5) is 0. The molecule has 0 saturated carbocycles. The number of ether oxygens (including phenoxy) is 1. The van der Waals surface area contributed by atoms with E-state index in [1.54, 1.807) is 12.1 Å². The lowest BCUT2D eigenvalue weighted by Crippen LogP contribution is -2.42. The first-order valence-corrected chi connectivity index (χ1v) is 7.16. The number of aromatic hydroxyl groups is 1. The van der Waals surface area contributed by atoms with Crippen molar-refractivity contribution < 1.29 is 9.84 Å². The lowest BCUT2D eigenvalue weighted by molar-refractivity contribution is -0.0934. The SMILES string of the molecule is CC1=C[C@@H](C)[C@@H]2CO[C@H](c3ccc(O)cc3)[C@H]1[C@H]2C. The fourth-order valence-corrected chi connectivity index (χ4v) is 3.91. The molecule has 2 heteroatoms. The van der Waals surface area contributed by atoms with Gasteiger partial charge in [-0.05, 0) is 42.4 Å². The van der Waals surface area contributed by atoms with Crippen LogP contribution < -0.4 is 0 Å². The van der Waals surface area contributed by atoms with Crippen LogP contribution in [-0.4, -0.2) is 11.7 Å². The molecule has 2 nitrogen and oxygen atoms in total. The molecule has 0 amide bonds. The molecule has 1 saturated heterocycles. The second-order valence-corrected chi connectivity index (χ2v) is 6.16. The normalized spacial score (nSPS) is 37.8. The van der Waals surface area contributed by atoms with E-state index in [1.165, 1.54) is 11.1 Å². The third kappa shape index (κ3) is 2.08. The van der Waals surface area contributed by atoms with Crippen molar-refractivity contribution in [3.63, 3.8) is 0 Å². The molecule has 3 rings (SSSR count). The van der Waals surface area contributed by atoms with E-state index in [0.29, 0.717) is 29.4 Å². The van der Waals surface area contributed by atoms with Crippen molar-refractivity contribution in [2.24, 2.45) is 23.7 Å². The van der Waals surface area contributed by atoms with Crippen molar-refractivity contribution in [2.45, 2.75) is 26.9 Å². The van der Waals surface area contributed by atoms with Gasteiger partial charge in [0.2, 0.25) is 0 Å². The van der Waals surface area contributed by atoms with Crippen molar-refractivity contribution in [3.05, 3.63) is 41.5 Å². The molecule has 1 N–H and O–H groups in total. The van der Waals surface area contributed by atoms with Gasteiger partial charge in [-0.3, -0.25) is 0 Å². The topological polar surface area (TPSA) is 29.5 Å². The highest BCUT2D eigenvalue weighted by atomic mass is 16.5. The Morgan fingerprint density at radius 1 is 1.16 bits per heavy atom. The fraction of sp³-hybridized carbons (Fsp3) is 0.529. The van der Waals surface area contributed by atoms with Crippen molar-refractivity contribution in [3.8, 4) is 5.75 Å². The summed E-state index contributed by atoms with van der Waals surface area (Å²) in [5, 5.41) is 9.42. The average molecular weight is 258 g/mol. The summed E-state index contributed by atoms with van der Waals surface area (Å²) in [7, 11) is 0. The van der Waals surface area contributed by atoms with Crippen LogP contribution in [0.3, 0.4) is 0 Å². The molecule has 1 aromatic carbocycles. The fourth-order valence-electron chi connectivity index (χ4n) is 3.91. The van der Waals surface area contributed by atoms with E-state index in [4.69, 9.17) is 4.74 Å². The number of hydrogen-bond acceptors (Lipinski definition) is 2. The van der Waals surface area contributed by atoms with Crippen LogP contribution in [0.15, 0.2) is 35.9 Å². The second-order valence-electron chi connectivity index (χ2n) is 6.16. The molecule has 0 unspecified atom stereocenters. The van der Waals surface area contributed by atoms with Crippen molar-refractivity contribution in [2.75, 3.05) is 6.61 Å². The number of allylic oxidation sites excluding steroid dienone is 1. The smallest absolute Gasteiger partial charge is 0.115 e. The predicted molar refractivity (Wildman–Crippen MR) is 75.9 cm³/mol. The molecular weight excluding hydrogens is 236 g/mol. The van der Waals surface area contributed by atoms with E-state index in [1.807, 2.05) is 12.1 Å². The molecule has 1 fully saturated rings. The van der Waals surface area contributed by atoms with Crippen molar-refractivity contribution in [1.82, 2.24) is 0 Å². The summed E-state index contributed by atoms with van der Waals surface area (Å²) in [5.74, 6) is 2.70. The maximum Gasteiger partial charge on any atom is 0.115 e. The molecular formula is C17H22O2. The zero-order valence-electron chi connectivity index (χ0n) is 11.8. The van der Waals surface area contributed by atoms with Crippen LogP contribution in [-0.2, 0) is 4.74 Å². The van der Waals surface area contributed by atoms with Crippen LogP contribution in [0.25, 0.3) is 0 Å². The Labute approximate surface area is 115 Å². The van der Waals surface area contributed by atoms with Crippen LogP contribution in [0.1, 0.15) is 32.4 Å². The van der Waals surface area contributed by atoms with Crippen molar-refractivity contribution >= 4 is 0 Å². The number of benzene rings is 1. The van der Waals surface area contributed by atoms with Gasteiger partial charge < -0.3 is 9.84 Å². The average Bonchev–Trinajstić information content (AvgIpc) is 2.37. The van der Waals surface area contributed by atoms with Crippen LogP contribution in [0.4, 0.5) is 0 Å². The number of phenols is 1. The van der Waals surface area contributed by atoms with E-state index in [2.05, 4.69) is 26.8 Å². The van der Waals surface area contributed by atoms with Gasteiger partial charge in [-0.1, -0.05) is 37.6 Å². The first kappa shape index (κ1) is 12.7. The van der Waals surface area contributed by atoms with E-state index in [0.717, 1.165) is 6.61 Å². The second kappa shape index (κ2) is 4.68. The number of rotatable bonds is 1. The zero-order valence-corrected chi connectivity index (χ0v) is 11.8. The van der Waals surface area contributed by atoms with Gasteiger partial charge in [0.25, 0.3) is 0 Å². The van der Waals surface area contributed by atoms with Gasteiger partial charge >= 0.3 is 0 Å². The van der Waals surface area contributed by atoms with E-state index < -0.39 is 0 Å². The van der Waals surface area contributed by atoms with Gasteiger partial charge in [-0.15, -0.1) is 0 Å². The molecule has 2 aliphatic rings. The van der Waals surface area contributed by atoms with Gasteiger partial charge in [-0.25, -0.2) is 0 Å². The minimum Gasteiger partial charge on any atom is -0.508 e. The molecule has 0 spiro atoms. The summed E-state index contributed by atoms with van der Waals surface area (Å²) < 4.78 is 6.16. The molecule has 5 atom stereocenters. The van der Waals surface area contributed by atoms with Gasteiger partial charge in [0, 0.05) is 5.92 Å². The van der Waals surface area contributed by atoms with Crippen LogP contribution in [0, 0.1) is 23.7 Å². The van der Waals surface area contributed by atoms with Gasteiger partial charge in [-0.2, -0.15) is 0 Å².